The van der Waals surface area contributed by atoms with Gasteiger partial charge in [0.25, 0.3) is 5.91 Å². The minimum atomic E-state index is -3.02. The number of benzene rings is 2. The van der Waals surface area contributed by atoms with Gasteiger partial charge >= 0.3 is 6.61 Å². The molecule has 4 rings (SSSR count). The Morgan fingerprint density at radius 3 is 2.78 bits per heavy atom. The molecule has 2 aromatic carbocycles. The van der Waals surface area contributed by atoms with E-state index in [9.17, 15) is 13.6 Å². The van der Waals surface area contributed by atoms with Gasteiger partial charge in [0.05, 0.1) is 29.2 Å². The number of rotatable bonds is 5. The number of fused-ring (bicyclic) bond motifs is 5. The molecule has 3 aromatic rings. The number of aromatic nitrogens is 2. The number of halogens is 2. The topological polar surface area (TPSA) is 59.4 Å². The average Bonchev–Trinajstić information content (AvgIpc) is 3.10. The largest absolute Gasteiger partial charge is 0.433 e. The first-order chi connectivity index (χ1) is 15.5. The van der Waals surface area contributed by atoms with Crippen molar-refractivity contribution in [2.24, 2.45) is 0 Å². The maximum atomic E-state index is 13.2. The third-order valence-electron chi connectivity index (χ3n) is 5.52. The van der Waals surface area contributed by atoms with E-state index in [1.165, 1.54) is 6.07 Å². The molecule has 0 saturated heterocycles. The highest BCUT2D eigenvalue weighted by Gasteiger charge is 2.35. The molecule has 1 unspecified atom stereocenters. The van der Waals surface area contributed by atoms with Crippen LogP contribution >= 0.6 is 0 Å². The molecule has 1 aromatic heterocycles. The van der Waals surface area contributed by atoms with Crippen LogP contribution in [0.15, 0.2) is 36.4 Å². The lowest BCUT2D eigenvalue weighted by atomic mass is 10.1. The van der Waals surface area contributed by atoms with E-state index >= 15 is 0 Å². The van der Waals surface area contributed by atoms with E-state index in [1.54, 1.807) is 28.6 Å². The molecule has 1 atom stereocenters. The fourth-order valence-corrected chi connectivity index (χ4v) is 4.04. The van der Waals surface area contributed by atoms with Gasteiger partial charge in [-0.15, -0.1) is 0 Å². The molecule has 1 aliphatic rings. The highest BCUT2D eigenvalue weighted by Crippen LogP contribution is 2.40. The average molecular weight is 438 g/mol. The van der Waals surface area contributed by atoms with Gasteiger partial charge in [-0.25, -0.2) is 4.98 Å². The zero-order chi connectivity index (χ0) is 22.8. The van der Waals surface area contributed by atoms with Crippen LogP contribution in [0, 0.1) is 11.8 Å². The van der Waals surface area contributed by atoms with Crippen molar-refractivity contribution in [1.82, 2.24) is 19.8 Å². The van der Waals surface area contributed by atoms with Crippen molar-refractivity contribution in [2.75, 3.05) is 20.1 Å². The SMILES string of the molecule is CCNCC#Cc1ccc2nc3n(c2c1)-c1c(OC(F)F)cccc1C(=O)N(C)C3CC. The van der Waals surface area contributed by atoms with E-state index in [1.807, 2.05) is 32.0 Å². The smallest absolute Gasteiger partial charge is 0.387 e. The second kappa shape index (κ2) is 8.97. The van der Waals surface area contributed by atoms with Gasteiger partial charge in [0, 0.05) is 12.6 Å². The summed E-state index contributed by atoms with van der Waals surface area (Å²) in [5, 5.41) is 3.15. The first kappa shape index (κ1) is 21.8. The number of nitrogens with one attached hydrogen (secondary N) is 1. The van der Waals surface area contributed by atoms with Crippen molar-refractivity contribution in [1.29, 1.82) is 0 Å². The Morgan fingerprint density at radius 2 is 2.06 bits per heavy atom. The number of alkyl halides is 2. The number of nitrogens with zero attached hydrogens (tertiary/aromatic N) is 3. The fraction of sp³-hybridized carbons (Fsp3) is 0.333. The number of carbonyl (C=O) groups is 1. The van der Waals surface area contributed by atoms with Crippen molar-refractivity contribution in [3.8, 4) is 23.3 Å². The third kappa shape index (κ3) is 3.80. The van der Waals surface area contributed by atoms with Crippen LogP contribution in [0.3, 0.4) is 0 Å². The number of ether oxygens (including phenoxy) is 1. The van der Waals surface area contributed by atoms with E-state index in [4.69, 9.17) is 9.72 Å². The molecule has 0 spiro atoms. The Hall–Kier alpha value is -3.44. The van der Waals surface area contributed by atoms with Crippen LogP contribution in [0.1, 0.15) is 48.1 Å². The lowest BCUT2D eigenvalue weighted by Crippen LogP contribution is -2.30. The van der Waals surface area contributed by atoms with Gasteiger partial charge in [-0.3, -0.25) is 9.36 Å². The normalized spacial score (nSPS) is 15.2. The zero-order valence-corrected chi connectivity index (χ0v) is 18.2. The van der Waals surface area contributed by atoms with Crippen molar-refractivity contribution in [2.45, 2.75) is 32.9 Å². The molecule has 166 valence electrons. The second-order valence-corrected chi connectivity index (χ2v) is 7.46. The summed E-state index contributed by atoms with van der Waals surface area (Å²) in [6.07, 6.45) is 0.611. The van der Waals surface area contributed by atoms with E-state index in [-0.39, 0.29) is 28.9 Å². The quantitative estimate of drug-likeness (QED) is 0.481. The van der Waals surface area contributed by atoms with E-state index in [0.29, 0.717) is 29.8 Å². The van der Waals surface area contributed by atoms with Crippen LogP contribution in [0.25, 0.3) is 16.7 Å². The number of para-hydroxylation sites is 1. The molecule has 1 N–H and O–H groups in total. The van der Waals surface area contributed by atoms with Crippen LogP contribution in [0.5, 0.6) is 5.75 Å². The van der Waals surface area contributed by atoms with Crippen molar-refractivity contribution < 1.29 is 18.3 Å². The highest BCUT2D eigenvalue weighted by molar-refractivity contribution is 6.00. The van der Waals surface area contributed by atoms with Gasteiger partial charge in [0.2, 0.25) is 0 Å². The summed E-state index contributed by atoms with van der Waals surface area (Å²) in [6, 6.07) is 9.90. The Kier molecular flexibility index (Phi) is 6.10. The zero-order valence-electron chi connectivity index (χ0n) is 18.2. The molecule has 1 aliphatic heterocycles. The van der Waals surface area contributed by atoms with Gasteiger partial charge in [0.1, 0.15) is 11.5 Å². The van der Waals surface area contributed by atoms with Gasteiger partial charge < -0.3 is 15.0 Å². The summed E-state index contributed by atoms with van der Waals surface area (Å²) in [7, 11) is 1.70. The number of hydrogen-bond donors (Lipinski definition) is 1. The van der Waals surface area contributed by atoms with Crippen molar-refractivity contribution in [3.05, 3.63) is 53.3 Å². The minimum absolute atomic E-state index is 0.0693. The molecule has 0 aliphatic carbocycles. The van der Waals surface area contributed by atoms with Crippen molar-refractivity contribution in [3.63, 3.8) is 0 Å². The lowest BCUT2D eigenvalue weighted by Gasteiger charge is -2.24. The number of amides is 1. The molecule has 1 amide bonds. The Bertz CT molecular complexity index is 1230. The number of carbonyl (C=O) groups excluding carboxylic acids is 1. The molecule has 8 heteroatoms. The summed E-state index contributed by atoms with van der Waals surface area (Å²) in [4.78, 5) is 19.6. The molecule has 6 nitrogen and oxygen atoms in total. The monoisotopic (exact) mass is 438 g/mol. The summed E-state index contributed by atoms with van der Waals surface area (Å²) in [5.74, 6) is 6.44. The Balaban J connectivity index is 2.00. The molecular weight excluding hydrogens is 414 g/mol. The highest BCUT2D eigenvalue weighted by atomic mass is 19.3. The molecule has 32 heavy (non-hydrogen) atoms. The van der Waals surface area contributed by atoms with Crippen LogP contribution in [-0.4, -0.2) is 47.1 Å². The maximum Gasteiger partial charge on any atom is 0.387 e. The number of imidazole rings is 1. The molecule has 0 bridgehead atoms. The van der Waals surface area contributed by atoms with Crippen LogP contribution < -0.4 is 10.1 Å². The second-order valence-electron chi connectivity index (χ2n) is 7.46. The molecule has 0 saturated carbocycles. The standard InChI is InChI=1S/C24H24F2N4O2/c1-4-18-22-28-17-12-11-15(8-7-13-27-5-2)14-19(17)30(22)21-16(23(31)29(18)3)9-6-10-20(21)32-24(25)26/h6,9-12,14,18,24,27H,4-5,13H2,1-3H3. The molecule has 2 heterocycles. The van der Waals surface area contributed by atoms with Crippen LogP contribution in [0.4, 0.5) is 8.78 Å². The molecular formula is C24H24F2N4O2. The van der Waals surface area contributed by atoms with E-state index in [0.717, 1.165) is 12.1 Å². The Labute approximate surface area is 185 Å². The minimum Gasteiger partial charge on any atom is -0.433 e. The van der Waals surface area contributed by atoms with Crippen molar-refractivity contribution >= 4 is 16.9 Å². The summed E-state index contributed by atoms with van der Waals surface area (Å²) in [6.45, 7) is 2.33. The predicted molar refractivity (Wildman–Crippen MR) is 118 cm³/mol. The lowest BCUT2D eigenvalue weighted by molar-refractivity contribution is -0.0498. The summed E-state index contributed by atoms with van der Waals surface area (Å²) in [5.41, 5.74) is 2.70. The fourth-order valence-electron chi connectivity index (χ4n) is 4.04. The van der Waals surface area contributed by atoms with Crippen LogP contribution in [-0.2, 0) is 0 Å². The predicted octanol–water partition coefficient (Wildman–Crippen LogP) is 4.12. The van der Waals surface area contributed by atoms with Gasteiger partial charge in [-0.1, -0.05) is 31.8 Å². The molecule has 0 fully saturated rings. The van der Waals surface area contributed by atoms with E-state index < -0.39 is 6.61 Å². The first-order valence-corrected chi connectivity index (χ1v) is 10.5. The third-order valence-corrected chi connectivity index (χ3v) is 5.52. The Morgan fingerprint density at radius 1 is 1.25 bits per heavy atom. The van der Waals surface area contributed by atoms with Gasteiger partial charge in [-0.05, 0) is 43.3 Å². The van der Waals surface area contributed by atoms with Gasteiger partial charge in [-0.2, -0.15) is 8.78 Å². The maximum absolute atomic E-state index is 13.2. The van der Waals surface area contributed by atoms with E-state index in [2.05, 4.69) is 17.2 Å². The van der Waals surface area contributed by atoms with Gasteiger partial charge in [0.15, 0.2) is 5.75 Å². The first-order valence-electron chi connectivity index (χ1n) is 10.5. The molecule has 0 radical (unpaired) electrons. The summed E-state index contributed by atoms with van der Waals surface area (Å²) < 4.78 is 33.0. The summed E-state index contributed by atoms with van der Waals surface area (Å²) >= 11 is 0. The number of hydrogen-bond acceptors (Lipinski definition) is 4. The van der Waals surface area contributed by atoms with Crippen LogP contribution in [0.2, 0.25) is 0 Å².